The fourth-order valence-corrected chi connectivity index (χ4v) is 5.92. The van der Waals surface area contributed by atoms with Crippen LogP contribution < -0.4 is 20.9 Å². The molecule has 2 heterocycles. The van der Waals surface area contributed by atoms with E-state index in [9.17, 15) is 14.4 Å². The summed E-state index contributed by atoms with van der Waals surface area (Å²) in [6, 6.07) is 13.5. The molecule has 1 aromatic heterocycles. The van der Waals surface area contributed by atoms with Gasteiger partial charge < -0.3 is 20.4 Å². The quantitative estimate of drug-likeness (QED) is 0.484. The van der Waals surface area contributed by atoms with E-state index in [1.54, 1.807) is 25.3 Å². The van der Waals surface area contributed by atoms with Gasteiger partial charge in [-0.1, -0.05) is 37.5 Å². The van der Waals surface area contributed by atoms with Crippen LogP contribution in [0, 0.1) is 13.8 Å². The van der Waals surface area contributed by atoms with Crippen LogP contribution in [0.15, 0.2) is 47.3 Å². The minimum Gasteiger partial charge on any atom is -0.496 e. The fourth-order valence-electron chi connectivity index (χ4n) is 5.92. The highest BCUT2D eigenvalue weighted by molar-refractivity contribution is 5.96. The number of aryl methyl sites for hydroxylation is 2. The number of nitrogens with one attached hydrogen (secondary N) is 3. The standard InChI is InChI=1S/C30H33N3O4/c1-18-13-19(2)32-29(36)24(18)17-31-28(35)21-8-10-26(37-3)23(15-21)20-7-9-25-22(14-20)16-27(34)33-30(25)11-5-4-6-12-30/h7-10,13-15H,4-6,11-12,16-17H2,1-3H3,(H,31,35)(H,32,36)(H,33,34). The van der Waals surface area contributed by atoms with Crippen LogP contribution in [-0.4, -0.2) is 23.9 Å². The molecular weight excluding hydrogens is 466 g/mol. The molecule has 0 atom stereocenters. The Kier molecular flexibility index (Phi) is 6.63. The molecule has 1 fully saturated rings. The molecule has 3 N–H and O–H groups in total. The lowest BCUT2D eigenvalue weighted by atomic mass is 9.72. The normalized spacial score (nSPS) is 16.1. The maximum absolute atomic E-state index is 13.1. The average molecular weight is 500 g/mol. The summed E-state index contributed by atoms with van der Waals surface area (Å²) < 4.78 is 5.62. The zero-order valence-electron chi connectivity index (χ0n) is 21.6. The number of hydrogen-bond donors (Lipinski definition) is 3. The van der Waals surface area contributed by atoms with E-state index in [0.717, 1.165) is 53.6 Å². The van der Waals surface area contributed by atoms with Crippen LogP contribution >= 0.6 is 0 Å². The van der Waals surface area contributed by atoms with Gasteiger partial charge in [0.2, 0.25) is 5.91 Å². The van der Waals surface area contributed by atoms with E-state index in [1.807, 2.05) is 19.9 Å². The second kappa shape index (κ2) is 9.88. The lowest BCUT2D eigenvalue weighted by Crippen LogP contribution is -2.51. The molecule has 3 aromatic rings. The Morgan fingerprint density at radius 1 is 1.03 bits per heavy atom. The van der Waals surface area contributed by atoms with E-state index in [2.05, 4.69) is 33.8 Å². The molecule has 1 saturated carbocycles. The van der Waals surface area contributed by atoms with E-state index >= 15 is 0 Å². The Labute approximate surface area is 216 Å². The van der Waals surface area contributed by atoms with Crippen LogP contribution in [-0.2, 0) is 23.3 Å². The number of aromatic nitrogens is 1. The van der Waals surface area contributed by atoms with Crippen molar-refractivity contribution in [3.05, 3.63) is 86.3 Å². The molecule has 7 heteroatoms. The number of carbonyl (C=O) groups excluding carboxylic acids is 2. The summed E-state index contributed by atoms with van der Waals surface area (Å²) in [4.78, 5) is 40.8. The fraction of sp³-hybridized carbons (Fsp3) is 0.367. The molecule has 2 aromatic carbocycles. The van der Waals surface area contributed by atoms with Crippen LogP contribution in [0.4, 0.5) is 0 Å². The van der Waals surface area contributed by atoms with Gasteiger partial charge in [-0.05, 0) is 73.2 Å². The van der Waals surface area contributed by atoms with Crippen molar-refractivity contribution >= 4 is 11.8 Å². The molecule has 1 aliphatic heterocycles. The van der Waals surface area contributed by atoms with Gasteiger partial charge in [-0.3, -0.25) is 14.4 Å². The number of aromatic amines is 1. The first-order chi connectivity index (χ1) is 17.8. The minimum atomic E-state index is -0.276. The molecule has 1 aliphatic carbocycles. The molecule has 37 heavy (non-hydrogen) atoms. The number of ether oxygens (including phenoxy) is 1. The van der Waals surface area contributed by atoms with Crippen LogP contribution in [0.25, 0.3) is 11.1 Å². The average Bonchev–Trinajstić information content (AvgIpc) is 2.87. The summed E-state index contributed by atoms with van der Waals surface area (Å²) in [6.45, 7) is 3.83. The van der Waals surface area contributed by atoms with Gasteiger partial charge in [-0.15, -0.1) is 0 Å². The van der Waals surface area contributed by atoms with Crippen molar-refractivity contribution in [3.63, 3.8) is 0 Å². The zero-order chi connectivity index (χ0) is 26.2. The van der Waals surface area contributed by atoms with Crippen molar-refractivity contribution in [2.24, 2.45) is 0 Å². The van der Waals surface area contributed by atoms with Gasteiger partial charge in [-0.25, -0.2) is 0 Å². The number of benzene rings is 2. The first-order valence-electron chi connectivity index (χ1n) is 12.9. The van der Waals surface area contributed by atoms with Gasteiger partial charge >= 0.3 is 0 Å². The third-order valence-electron chi connectivity index (χ3n) is 7.75. The van der Waals surface area contributed by atoms with Gasteiger partial charge in [0.25, 0.3) is 11.5 Å². The number of rotatable bonds is 5. The highest BCUT2D eigenvalue weighted by Crippen LogP contribution is 2.43. The second-order valence-electron chi connectivity index (χ2n) is 10.3. The molecule has 5 rings (SSSR count). The minimum absolute atomic E-state index is 0.0630. The number of hydrogen-bond acceptors (Lipinski definition) is 4. The predicted octanol–water partition coefficient (Wildman–Crippen LogP) is 4.43. The molecule has 0 unspecified atom stereocenters. The van der Waals surface area contributed by atoms with Crippen LogP contribution in [0.3, 0.4) is 0 Å². The van der Waals surface area contributed by atoms with Gasteiger partial charge in [-0.2, -0.15) is 0 Å². The summed E-state index contributed by atoms with van der Waals surface area (Å²) >= 11 is 0. The van der Waals surface area contributed by atoms with Crippen molar-refractivity contribution in [2.75, 3.05) is 7.11 Å². The Hall–Kier alpha value is -3.87. The highest BCUT2D eigenvalue weighted by atomic mass is 16.5. The third-order valence-corrected chi connectivity index (χ3v) is 7.75. The maximum Gasteiger partial charge on any atom is 0.253 e. The van der Waals surface area contributed by atoms with Crippen molar-refractivity contribution in [1.82, 2.24) is 15.6 Å². The Morgan fingerprint density at radius 3 is 2.54 bits per heavy atom. The van der Waals surface area contributed by atoms with Crippen LogP contribution in [0.2, 0.25) is 0 Å². The molecule has 0 bridgehead atoms. The van der Waals surface area contributed by atoms with Crippen molar-refractivity contribution < 1.29 is 14.3 Å². The number of H-pyrrole nitrogens is 1. The molecule has 0 radical (unpaired) electrons. The second-order valence-corrected chi connectivity index (χ2v) is 10.3. The van der Waals surface area contributed by atoms with Crippen molar-refractivity contribution in [3.8, 4) is 16.9 Å². The first kappa shape index (κ1) is 24.8. The first-order valence-corrected chi connectivity index (χ1v) is 12.9. The summed E-state index contributed by atoms with van der Waals surface area (Å²) in [5.74, 6) is 0.435. The van der Waals surface area contributed by atoms with E-state index in [1.165, 1.54) is 12.0 Å². The zero-order valence-corrected chi connectivity index (χ0v) is 21.6. The summed E-state index contributed by atoms with van der Waals surface area (Å²) in [5, 5.41) is 6.17. The van der Waals surface area contributed by atoms with Gasteiger partial charge in [0.1, 0.15) is 5.75 Å². The number of pyridine rings is 1. The van der Waals surface area contributed by atoms with Crippen LogP contribution in [0.1, 0.15) is 70.4 Å². The molecular formula is C30H33N3O4. The summed E-state index contributed by atoms with van der Waals surface area (Å²) in [7, 11) is 1.61. The lowest BCUT2D eigenvalue weighted by molar-refractivity contribution is -0.123. The molecule has 192 valence electrons. The van der Waals surface area contributed by atoms with E-state index < -0.39 is 0 Å². The summed E-state index contributed by atoms with van der Waals surface area (Å²) in [6.07, 6.45) is 5.70. The third kappa shape index (κ3) is 4.78. The molecule has 0 saturated heterocycles. The largest absolute Gasteiger partial charge is 0.496 e. The van der Waals surface area contributed by atoms with Crippen molar-refractivity contribution in [2.45, 2.75) is 64.5 Å². The molecule has 2 aliphatic rings. The van der Waals surface area contributed by atoms with Gasteiger partial charge in [0.05, 0.1) is 19.1 Å². The number of carbonyl (C=O) groups is 2. The topological polar surface area (TPSA) is 100 Å². The predicted molar refractivity (Wildman–Crippen MR) is 143 cm³/mol. The van der Waals surface area contributed by atoms with Crippen molar-refractivity contribution in [1.29, 1.82) is 0 Å². The molecule has 7 nitrogen and oxygen atoms in total. The Bertz CT molecular complexity index is 1430. The number of fused-ring (bicyclic) bond motifs is 2. The lowest BCUT2D eigenvalue weighted by Gasteiger charge is -2.42. The smallest absolute Gasteiger partial charge is 0.253 e. The van der Waals surface area contributed by atoms with Crippen LogP contribution in [0.5, 0.6) is 5.75 Å². The Balaban J connectivity index is 1.44. The van der Waals surface area contributed by atoms with E-state index in [-0.39, 0.29) is 29.5 Å². The van der Waals surface area contributed by atoms with E-state index in [0.29, 0.717) is 23.3 Å². The molecule has 1 spiro atoms. The number of amides is 2. The van der Waals surface area contributed by atoms with E-state index in [4.69, 9.17) is 4.74 Å². The summed E-state index contributed by atoms with van der Waals surface area (Å²) in [5.41, 5.74) is 6.11. The Morgan fingerprint density at radius 2 is 1.81 bits per heavy atom. The van der Waals surface area contributed by atoms with Gasteiger partial charge in [0.15, 0.2) is 0 Å². The highest BCUT2D eigenvalue weighted by Gasteiger charge is 2.40. The SMILES string of the molecule is COc1ccc(C(=O)NCc2c(C)cc(C)[nH]c2=O)cc1-c1ccc2c(c1)CC(=O)NC21CCCCC1. The number of methoxy groups -OCH3 is 1. The maximum atomic E-state index is 13.1. The van der Waals surface area contributed by atoms with Gasteiger partial charge in [0, 0.05) is 28.9 Å². The molecule has 2 amide bonds. The monoisotopic (exact) mass is 499 g/mol.